The van der Waals surface area contributed by atoms with Crippen LogP contribution >= 0.6 is 0 Å². The number of carbonyl (C=O) groups excluding carboxylic acids is 1. The fourth-order valence-electron chi connectivity index (χ4n) is 6.27. The number of ether oxygens (including phenoxy) is 1. The van der Waals surface area contributed by atoms with Gasteiger partial charge in [-0.2, -0.15) is 13.2 Å². The van der Waals surface area contributed by atoms with Gasteiger partial charge >= 0.3 is 6.18 Å². The van der Waals surface area contributed by atoms with E-state index in [1.165, 1.54) is 11.1 Å². The van der Waals surface area contributed by atoms with Gasteiger partial charge in [0.2, 0.25) is 0 Å². The van der Waals surface area contributed by atoms with Crippen molar-refractivity contribution in [2.24, 2.45) is 5.92 Å². The highest BCUT2D eigenvalue weighted by molar-refractivity contribution is 5.97. The van der Waals surface area contributed by atoms with E-state index in [9.17, 15) is 23.1 Å². The summed E-state index contributed by atoms with van der Waals surface area (Å²) in [4.78, 5) is 17.4. The fourth-order valence-corrected chi connectivity index (χ4v) is 6.27. The van der Waals surface area contributed by atoms with Crippen LogP contribution in [0.1, 0.15) is 78.2 Å². The van der Waals surface area contributed by atoms with E-state index in [1.807, 2.05) is 31.2 Å². The second-order valence-corrected chi connectivity index (χ2v) is 10.4. The van der Waals surface area contributed by atoms with Crippen molar-refractivity contribution in [1.29, 1.82) is 0 Å². The van der Waals surface area contributed by atoms with Gasteiger partial charge in [-0.1, -0.05) is 25.1 Å². The van der Waals surface area contributed by atoms with Gasteiger partial charge in [0.25, 0.3) is 0 Å². The highest BCUT2D eigenvalue weighted by atomic mass is 19.4. The zero-order chi connectivity index (χ0) is 25.3. The van der Waals surface area contributed by atoms with Gasteiger partial charge in [0.15, 0.2) is 5.78 Å². The van der Waals surface area contributed by atoms with Crippen molar-refractivity contribution in [1.82, 2.24) is 4.98 Å². The summed E-state index contributed by atoms with van der Waals surface area (Å²) >= 11 is 0. The lowest BCUT2D eigenvalue weighted by Crippen LogP contribution is -2.50. The molecule has 1 fully saturated rings. The summed E-state index contributed by atoms with van der Waals surface area (Å²) in [7, 11) is 0. The van der Waals surface area contributed by atoms with Crippen LogP contribution < -0.4 is 0 Å². The number of halogens is 3. The van der Waals surface area contributed by atoms with E-state index >= 15 is 0 Å². The highest BCUT2D eigenvalue weighted by Gasteiger charge is 2.50. The van der Waals surface area contributed by atoms with Crippen LogP contribution in [-0.4, -0.2) is 40.9 Å². The van der Waals surface area contributed by atoms with E-state index in [4.69, 9.17) is 4.74 Å². The molecule has 0 amide bonds. The normalized spacial score (nSPS) is 26.5. The van der Waals surface area contributed by atoms with Crippen molar-refractivity contribution in [2.75, 3.05) is 13.2 Å². The summed E-state index contributed by atoms with van der Waals surface area (Å²) in [5, 5.41) is 11.1. The van der Waals surface area contributed by atoms with E-state index < -0.39 is 18.4 Å². The van der Waals surface area contributed by atoms with Crippen LogP contribution in [0.15, 0.2) is 36.5 Å². The smallest absolute Gasteiger partial charge is 0.387 e. The van der Waals surface area contributed by atoms with Crippen LogP contribution in [0.5, 0.6) is 0 Å². The Morgan fingerprint density at radius 3 is 2.77 bits per heavy atom. The summed E-state index contributed by atoms with van der Waals surface area (Å²) in [6.07, 6.45) is 2.69. The minimum atomic E-state index is -4.40. The third-order valence-corrected chi connectivity index (χ3v) is 8.14. The number of carbonyl (C=O) groups is 1. The maximum atomic E-state index is 13.1. The number of Topliss-reactive ketones (excluding diaryl/α,β-unsaturated/α-hetero) is 1. The molecule has 0 spiro atoms. The Bertz CT molecular complexity index is 1070. The largest absolute Gasteiger partial charge is 0.411 e. The Morgan fingerprint density at radius 2 is 2.06 bits per heavy atom. The molecular weight excluding hydrogens is 455 g/mol. The lowest BCUT2D eigenvalue weighted by atomic mass is 9.57. The molecule has 0 unspecified atom stereocenters. The molecule has 2 aliphatic carbocycles. The molecule has 7 heteroatoms. The van der Waals surface area contributed by atoms with Crippen molar-refractivity contribution in [3.05, 3.63) is 64.5 Å². The van der Waals surface area contributed by atoms with Crippen molar-refractivity contribution in [2.45, 2.75) is 82.4 Å². The number of aromatic nitrogens is 1. The van der Waals surface area contributed by atoms with Gasteiger partial charge in [-0.25, -0.2) is 0 Å². The molecule has 2 aromatic rings. The summed E-state index contributed by atoms with van der Waals surface area (Å²) in [5.41, 5.74) is 3.51. The van der Waals surface area contributed by atoms with Crippen molar-refractivity contribution >= 4 is 5.78 Å². The first kappa shape index (κ1) is 25.8. The number of alkyl halides is 3. The Kier molecular flexibility index (Phi) is 7.39. The maximum Gasteiger partial charge on any atom is 0.411 e. The van der Waals surface area contributed by atoms with E-state index in [2.05, 4.69) is 18.0 Å². The second kappa shape index (κ2) is 10.0. The predicted octanol–water partition coefficient (Wildman–Crippen LogP) is 5.91. The van der Waals surface area contributed by atoms with E-state index in [1.54, 1.807) is 6.20 Å². The number of fused-ring (bicyclic) bond motifs is 3. The van der Waals surface area contributed by atoms with Crippen molar-refractivity contribution in [3.8, 4) is 0 Å². The number of benzene rings is 1. The summed E-state index contributed by atoms with van der Waals surface area (Å²) in [5.74, 6) is 0.219. The number of hydrogen-bond donors (Lipinski definition) is 1. The molecule has 1 N–H and O–H groups in total. The molecule has 0 bridgehead atoms. The first-order valence-electron chi connectivity index (χ1n) is 12.5. The first-order valence-corrected chi connectivity index (χ1v) is 12.5. The molecule has 1 saturated carbocycles. The standard InChI is InChI=1S/C28H34F3NO3/c1-3-27-12-11-26(34,17-35-18-28(29,30)31)16-23(27)8-4-6-21-14-22(9-10-24(21)27)25(33)15-20-7-5-13-32-19(20)2/h5,7,9-10,13-14,23,34H,3-4,6,8,11-12,15-18H2,1-2H3/t23-,26+,27+/m0/s1. The fraction of sp³-hybridized carbons (Fsp3) is 0.571. The number of nitrogens with zero attached hydrogens (tertiary/aromatic N) is 1. The van der Waals surface area contributed by atoms with E-state index in [-0.39, 0.29) is 23.7 Å². The van der Waals surface area contributed by atoms with Crippen LogP contribution in [-0.2, 0) is 23.0 Å². The van der Waals surface area contributed by atoms with Crippen LogP contribution in [0.4, 0.5) is 13.2 Å². The molecule has 0 radical (unpaired) electrons. The minimum absolute atomic E-state index is 0.0649. The zero-order valence-corrected chi connectivity index (χ0v) is 20.5. The predicted molar refractivity (Wildman–Crippen MR) is 128 cm³/mol. The number of aryl methyl sites for hydroxylation is 2. The summed E-state index contributed by atoms with van der Waals surface area (Å²) in [6, 6.07) is 9.82. The van der Waals surface area contributed by atoms with Crippen LogP contribution in [0.3, 0.4) is 0 Å². The molecule has 35 heavy (non-hydrogen) atoms. The van der Waals surface area contributed by atoms with Gasteiger partial charge in [-0.05, 0) is 92.0 Å². The molecular formula is C28H34F3NO3. The molecule has 2 aliphatic rings. The number of rotatable bonds is 7. The van der Waals surface area contributed by atoms with Gasteiger partial charge in [0, 0.05) is 23.9 Å². The Morgan fingerprint density at radius 1 is 1.26 bits per heavy atom. The number of pyridine rings is 1. The number of ketones is 1. The first-order chi connectivity index (χ1) is 16.6. The highest BCUT2D eigenvalue weighted by Crippen LogP contribution is 2.53. The molecule has 1 heterocycles. The average Bonchev–Trinajstić information content (AvgIpc) is 2.95. The molecule has 190 valence electrons. The third-order valence-electron chi connectivity index (χ3n) is 8.14. The van der Waals surface area contributed by atoms with E-state index in [0.717, 1.165) is 36.9 Å². The molecule has 0 aliphatic heterocycles. The van der Waals surface area contributed by atoms with Gasteiger partial charge in [-0.15, -0.1) is 0 Å². The molecule has 4 rings (SSSR count). The average molecular weight is 490 g/mol. The Balaban J connectivity index is 1.55. The minimum Gasteiger partial charge on any atom is -0.387 e. The number of hydrogen-bond acceptors (Lipinski definition) is 4. The van der Waals surface area contributed by atoms with Gasteiger partial charge in [-0.3, -0.25) is 9.78 Å². The SMILES string of the molecule is CC[C@@]12CC[C@](O)(COCC(F)(F)F)C[C@@H]1CCCc1cc(C(=O)Cc3cccnc3C)ccc12. The van der Waals surface area contributed by atoms with Crippen LogP contribution in [0.25, 0.3) is 0 Å². The van der Waals surface area contributed by atoms with Crippen molar-refractivity contribution in [3.63, 3.8) is 0 Å². The monoisotopic (exact) mass is 489 g/mol. The maximum absolute atomic E-state index is 13.1. The van der Waals surface area contributed by atoms with Crippen LogP contribution in [0, 0.1) is 12.8 Å². The second-order valence-electron chi connectivity index (χ2n) is 10.4. The van der Waals surface area contributed by atoms with Gasteiger partial charge in [0.1, 0.15) is 6.61 Å². The summed E-state index contributed by atoms with van der Waals surface area (Å²) < 4.78 is 42.5. The van der Waals surface area contributed by atoms with Crippen molar-refractivity contribution < 1.29 is 27.8 Å². The molecule has 1 aromatic carbocycles. The number of aliphatic hydroxyl groups is 1. The van der Waals surface area contributed by atoms with Gasteiger partial charge < -0.3 is 9.84 Å². The molecule has 0 saturated heterocycles. The third kappa shape index (κ3) is 5.61. The lowest BCUT2D eigenvalue weighted by molar-refractivity contribution is -0.192. The van der Waals surface area contributed by atoms with Gasteiger partial charge in [0.05, 0.1) is 12.2 Å². The quantitative estimate of drug-likeness (QED) is 0.491. The Labute approximate surface area is 204 Å². The topological polar surface area (TPSA) is 59.4 Å². The zero-order valence-electron chi connectivity index (χ0n) is 20.5. The summed E-state index contributed by atoms with van der Waals surface area (Å²) in [6.45, 7) is 2.42. The van der Waals surface area contributed by atoms with Crippen LogP contribution in [0.2, 0.25) is 0 Å². The molecule has 1 aromatic heterocycles. The molecule has 3 atom stereocenters. The van der Waals surface area contributed by atoms with E-state index in [0.29, 0.717) is 31.2 Å². The lowest BCUT2D eigenvalue weighted by Gasteiger charge is -2.50. The molecule has 4 nitrogen and oxygen atoms in total. The Hall–Kier alpha value is -2.25.